The number of hydrogen-bond acceptors (Lipinski definition) is 6. The molecule has 6 heteroatoms. The van der Waals surface area contributed by atoms with Crippen molar-refractivity contribution in [3.05, 3.63) is 83.9 Å². The number of ether oxygens (including phenoxy) is 2. The molecule has 0 saturated carbocycles. The van der Waals surface area contributed by atoms with Gasteiger partial charge in [0, 0.05) is 23.5 Å². The third-order valence-corrected chi connectivity index (χ3v) is 4.57. The van der Waals surface area contributed by atoms with Gasteiger partial charge in [0.2, 0.25) is 0 Å². The van der Waals surface area contributed by atoms with Crippen LogP contribution < -0.4 is 10.5 Å². The molecule has 2 aliphatic heterocycles. The van der Waals surface area contributed by atoms with Crippen molar-refractivity contribution in [2.75, 3.05) is 0 Å². The number of pyridine rings is 2. The zero-order valence-corrected chi connectivity index (χ0v) is 13.2. The lowest BCUT2D eigenvalue weighted by Gasteiger charge is -2.37. The smallest absolute Gasteiger partial charge is 0.284 e. The predicted octanol–water partition coefficient (Wildman–Crippen LogP) is 2.91. The molecule has 2 atom stereocenters. The van der Waals surface area contributed by atoms with E-state index in [4.69, 9.17) is 20.2 Å². The van der Waals surface area contributed by atoms with E-state index in [9.17, 15) is 0 Å². The molecular formula is C19H14N4O2. The van der Waals surface area contributed by atoms with Crippen molar-refractivity contribution in [1.82, 2.24) is 9.97 Å². The number of para-hydroxylation sites is 1. The van der Waals surface area contributed by atoms with Gasteiger partial charge in [0.05, 0.1) is 11.9 Å². The first kappa shape index (κ1) is 14.0. The number of benzene rings is 1. The van der Waals surface area contributed by atoms with Crippen LogP contribution in [0.2, 0.25) is 0 Å². The minimum atomic E-state index is -0.856. The van der Waals surface area contributed by atoms with Gasteiger partial charge in [0.1, 0.15) is 5.75 Å². The Morgan fingerprint density at radius 2 is 1.76 bits per heavy atom. The molecule has 4 heterocycles. The molecular weight excluding hydrogens is 316 g/mol. The number of amidine groups is 1. The molecule has 3 aromatic rings. The summed E-state index contributed by atoms with van der Waals surface area (Å²) in [4.78, 5) is 13.4. The van der Waals surface area contributed by atoms with Crippen LogP contribution in [-0.2, 0) is 10.3 Å². The summed E-state index contributed by atoms with van der Waals surface area (Å²) >= 11 is 0. The second-order valence-corrected chi connectivity index (χ2v) is 5.94. The molecule has 2 N–H and O–H groups in total. The highest BCUT2D eigenvalue weighted by molar-refractivity contribution is 5.77. The summed E-state index contributed by atoms with van der Waals surface area (Å²) in [6.45, 7) is 0. The fraction of sp³-hybridized carbons (Fsp3) is 0.105. The maximum atomic E-state index is 6.04. The number of nitrogens with two attached hydrogens (primary N) is 1. The van der Waals surface area contributed by atoms with E-state index < -0.39 is 11.6 Å². The van der Waals surface area contributed by atoms with E-state index >= 15 is 0 Å². The third-order valence-electron chi connectivity index (χ3n) is 4.57. The number of aliphatic imine (C=N–C) groups is 1. The van der Waals surface area contributed by atoms with Crippen LogP contribution in [0.3, 0.4) is 0 Å². The Morgan fingerprint density at radius 1 is 0.920 bits per heavy atom. The summed E-state index contributed by atoms with van der Waals surface area (Å²) in [5.41, 5.74) is 7.68. The SMILES string of the molecule is NC1=NC2(c3ccccc3Oc3cnccc32)C(c2ccccn2)O1. The molecule has 0 fully saturated rings. The first-order valence-electron chi connectivity index (χ1n) is 7.94. The van der Waals surface area contributed by atoms with Crippen LogP contribution in [0, 0.1) is 0 Å². The lowest BCUT2D eigenvalue weighted by Crippen LogP contribution is -2.34. The van der Waals surface area contributed by atoms with Crippen molar-refractivity contribution >= 4 is 6.02 Å². The minimum Gasteiger partial charge on any atom is -0.455 e. The molecule has 5 rings (SSSR count). The number of nitrogens with zero attached hydrogens (tertiary/aromatic N) is 3. The topological polar surface area (TPSA) is 82.6 Å². The van der Waals surface area contributed by atoms with Crippen molar-refractivity contribution in [2.24, 2.45) is 10.7 Å². The molecule has 0 aliphatic carbocycles. The van der Waals surface area contributed by atoms with Gasteiger partial charge >= 0.3 is 0 Å². The third kappa shape index (κ3) is 1.88. The fourth-order valence-electron chi connectivity index (χ4n) is 3.58. The summed E-state index contributed by atoms with van der Waals surface area (Å²) in [7, 11) is 0. The van der Waals surface area contributed by atoms with Crippen molar-refractivity contribution in [1.29, 1.82) is 0 Å². The molecule has 0 bridgehead atoms. The average molecular weight is 330 g/mol. The Balaban J connectivity index is 1.84. The lowest BCUT2D eigenvalue weighted by molar-refractivity contribution is 0.145. The molecule has 0 radical (unpaired) electrons. The molecule has 6 nitrogen and oxygen atoms in total. The zero-order chi connectivity index (χ0) is 16.9. The highest BCUT2D eigenvalue weighted by atomic mass is 16.5. The van der Waals surface area contributed by atoms with Crippen LogP contribution in [0.15, 0.2) is 72.1 Å². The fourth-order valence-corrected chi connectivity index (χ4v) is 3.58. The van der Waals surface area contributed by atoms with Crippen LogP contribution in [0.5, 0.6) is 11.5 Å². The van der Waals surface area contributed by atoms with Crippen molar-refractivity contribution in [2.45, 2.75) is 11.6 Å². The molecule has 0 saturated heterocycles. The maximum Gasteiger partial charge on any atom is 0.284 e. The molecule has 2 aromatic heterocycles. The first-order valence-corrected chi connectivity index (χ1v) is 7.94. The van der Waals surface area contributed by atoms with E-state index in [2.05, 4.69) is 9.97 Å². The van der Waals surface area contributed by atoms with E-state index in [1.54, 1.807) is 18.6 Å². The number of rotatable bonds is 1. The van der Waals surface area contributed by atoms with Gasteiger partial charge in [-0.3, -0.25) is 9.97 Å². The summed E-state index contributed by atoms with van der Waals surface area (Å²) in [5.74, 6) is 1.36. The highest BCUT2D eigenvalue weighted by Gasteiger charge is 2.55. The Hall–Kier alpha value is -3.41. The quantitative estimate of drug-likeness (QED) is 0.742. The second-order valence-electron chi connectivity index (χ2n) is 5.94. The summed E-state index contributed by atoms with van der Waals surface area (Å²) in [5, 5.41) is 0. The van der Waals surface area contributed by atoms with Gasteiger partial charge in [-0.2, -0.15) is 0 Å². The summed E-state index contributed by atoms with van der Waals surface area (Å²) in [6, 6.07) is 15.5. The number of aromatic nitrogens is 2. The summed E-state index contributed by atoms with van der Waals surface area (Å²) < 4.78 is 12.0. The van der Waals surface area contributed by atoms with Crippen molar-refractivity contribution < 1.29 is 9.47 Å². The largest absolute Gasteiger partial charge is 0.455 e. The van der Waals surface area contributed by atoms with E-state index in [-0.39, 0.29) is 6.02 Å². The van der Waals surface area contributed by atoms with E-state index in [0.717, 1.165) is 16.8 Å². The van der Waals surface area contributed by atoms with Gasteiger partial charge in [0.15, 0.2) is 17.4 Å². The van der Waals surface area contributed by atoms with Crippen LogP contribution in [0.25, 0.3) is 0 Å². The average Bonchev–Trinajstić information content (AvgIpc) is 3.01. The van der Waals surface area contributed by atoms with Gasteiger partial charge in [-0.1, -0.05) is 24.3 Å². The molecule has 2 aliphatic rings. The molecule has 2 unspecified atom stereocenters. The van der Waals surface area contributed by atoms with Crippen LogP contribution in [0.1, 0.15) is 22.9 Å². The van der Waals surface area contributed by atoms with Gasteiger partial charge < -0.3 is 15.2 Å². The van der Waals surface area contributed by atoms with Crippen LogP contribution in [0.4, 0.5) is 0 Å². The normalized spacial score (nSPS) is 23.2. The zero-order valence-electron chi connectivity index (χ0n) is 13.2. The van der Waals surface area contributed by atoms with Gasteiger partial charge in [-0.05, 0) is 24.3 Å². The standard InChI is InChI=1S/C19H14N4O2/c20-18-23-19(17(25-18)14-6-3-4-9-22-14)12-5-1-2-7-15(12)24-16-11-21-10-8-13(16)19/h1-11,17H,(H2,20,23). The molecule has 1 aromatic carbocycles. The number of fused-ring (bicyclic) bond motifs is 4. The Morgan fingerprint density at radius 3 is 2.64 bits per heavy atom. The molecule has 25 heavy (non-hydrogen) atoms. The Labute approximate surface area is 144 Å². The van der Waals surface area contributed by atoms with Crippen LogP contribution >= 0.6 is 0 Å². The monoisotopic (exact) mass is 330 g/mol. The molecule has 122 valence electrons. The highest BCUT2D eigenvalue weighted by Crippen LogP contribution is 2.57. The summed E-state index contributed by atoms with van der Waals surface area (Å²) in [6.07, 6.45) is 4.66. The van der Waals surface area contributed by atoms with E-state index in [1.165, 1.54) is 0 Å². The predicted molar refractivity (Wildman–Crippen MR) is 91.2 cm³/mol. The Kier molecular flexibility index (Phi) is 2.82. The Bertz CT molecular complexity index is 942. The van der Waals surface area contributed by atoms with E-state index in [0.29, 0.717) is 11.5 Å². The minimum absolute atomic E-state index is 0.134. The number of hydrogen-bond donors (Lipinski definition) is 1. The molecule has 0 amide bonds. The lowest BCUT2D eigenvalue weighted by atomic mass is 9.76. The van der Waals surface area contributed by atoms with Crippen LogP contribution in [-0.4, -0.2) is 16.0 Å². The van der Waals surface area contributed by atoms with Crippen molar-refractivity contribution in [3.8, 4) is 11.5 Å². The van der Waals surface area contributed by atoms with Gasteiger partial charge in [0.25, 0.3) is 6.02 Å². The maximum absolute atomic E-state index is 6.04. The first-order chi connectivity index (χ1) is 12.3. The van der Waals surface area contributed by atoms with Gasteiger partial charge in [-0.15, -0.1) is 0 Å². The second kappa shape index (κ2) is 5.04. The van der Waals surface area contributed by atoms with Crippen molar-refractivity contribution in [3.63, 3.8) is 0 Å². The van der Waals surface area contributed by atoms with E-state index in [1.807, 2.05) is 48.5 Å². The van der Waals surface area contributed by atoms with Gasteiger partial charge in [-0.25, -0.2) is 4.99 Å². The molecule has 1 spiro atoms.